The van der Waals surface area contributed by atoms with Gasteiger partial charge in [0, 0.05) is 28.4 Å². The lowest BCUT2D eigenvalue weighted by atomic mass is 10.1. The summed E-state index contributed by atoms with van der Waals surface area (Å²) in [7, 11) is -4.16. The van der Waals surface area contributed by atoms with Crippen molar-refractivity contribution in [3.8, 4) is 16.9 Å². The Labute approximate surface area is 199 Å². The van der Waals surface area contributed by atoms with Gasteiger partial charge in [-0.1, -0.05) is 6.07 Å². The highest BCUT2D eigenvalue weighted by molar-refractivity contribution is 7.92. The van der Waals surface area contributed by atoms with Gasteiger partial charge in [-0.3, -0.25) is 4.79 Å². The predicted molar refractivity (Wildman–Crippen MR) is 126 cm³/mol. The molecule has 0 bridgehead atoms. The Morgan fingerprint density at radius 2 is 1.88 bits per heavy atom. The van der Waals surface area contributed by atoms with Crippen LogP contribution in [-0.4, -0.2) is 30.1 Å². The summed E-state index contributed by atoms with van der Waals surface area (Å²) in [5, 5.41) is 9.70. The molecule has 0 atom stereocenters. The Balaban J connectivity index is 1.90. The molecule has 0 amide bonds. The van der Waals surface area contributed by atoms with Gasteiger partial charge in [-0.15, -0.1) is 11.3 Å². The minimum Gasteiger partial charge on any atom is -0.494 e. The lowest BCUT2D eigenvalue weighted by Gasteiger charge is -2.09. The molecule has 34 heavy (non-hydrogen) atoms. The van der Waals surface area contributed by atoms with Crippen molar-refractivity contribution < 1.29 is 31.8 Å². The quantitative estimate of drug-likeness (QED) is 0.337. The first-order chi connectivity index (χ1) is 16.1. The van der Waals surface area contributed by atoms with Crippen LogP contribution in [0.5, 0.6) is 5.75 Å². The van der Waals surface area contributed by atoms with Gasteiger partial charge in [0.2, 0.25) is 0 Å². The van der Waals surface area contributed by atoms with Gasteiger partial charge in [-0.2, -0.15) is 8.42 Å². The highest BCUT2D eigenvalue weighted by atomic mass is 32.2. The third kappa shape index (κ3) is 4.43. The van der Waals surface area contributed by atoms with Gasteiger partial charge in [-0.05, 0) is 67.8 Å². The summed E-state index contributed by atoms with van der Waals surface area (Å²) in [4.78, 5) is 11.8. The molecule has 0 aliphatic rings. The van der Waals surface area contributed by atoms with Gasteiger partial charge >= 0.3 is 5.97 Å². The summed E-state index contributed by atoms with van der Waals surface area (Å²) < 4.78 is 61.6. The van der Waals surface area contributed by atoms with Crippen molar-refractivity contribution in [3.63, 3.8) is 0 Å². The van der Waals surface area contributed by atoms with Crippen molar-refractivity contribution in [2.45, 2.75) is 30.9 Å². The second-order valence-electron chi connectivity index (χ2n) is 7.65. The van der Waals surface area contributed by atoms with Crippen LogP contribution in [0, 0.1) is 18.6 Å². The number of aryl methyl sites for hydroxylation is 2. The van der Waals surface area contributed by atoms with E-state index < -0.39 is 27.6 Å². The Hall–Kier alpha value is -3.24. The first-order valence-corrected chi connectivity index (χ1v) is 12.7. The van der Waals surface area contributed by atoms with Crippen molar-refractivity contribution in [2.24, 2.45) is 0 Å². The largest absolute Gasteiger partial charge is 0.494 e. The monoisotopic (exact) mass is 505 g/mol. The van der Waals surface area contributed by atoms with E-state index in [9.17, 15) is 22.0 Å². The number of aromatic nitrogens is 1. The number of hydrogen-bond donors (Lipinski definition) is 1. The Morgan fingerprint density at radius 3 is 2.56 bits per heavy atom. The van der Waals surface area contributed by atoms with Crippen LogP contribution >= 0.6 is 11.3 Å². The Morgan fingerprint density at radius 1 is 1.12 bits per heavy atom. The van der Waals surface area contributed by atoms with E-state index >= 15 is 0 Å². The predicted octanol–water partition coefficient (Wildman–Crippen LogP) is 5.61. The lowest BCUT2D eigenvalue weighted by Crippen LogP contribution is -2.11. The molecule has 0 saturated heterocycles. The average Bonchev–Trinajstić information content (AvgIpc) is 3.36. The summed E-state index contributed by atoms with van der Waals surface area (Å²) in [5.41, 5.74) is 1.42. The zero-order valence-electron chi connectivity index (χ0n) is 18.3. The number of halogens is 2. The van der Waals surface area contributed by atoms with Gasteiger partial charge in [0.05, 0.1) is 12.1 Å². The number of fused-ring (bicyclic) bond motifs is 1. The fourth-order valence-electron chi connectivity index (χ4n) is 3.78. The van der Waals surface area contributed by atoms with Gasteiger partial charge in [-0.25, -0.2) is 12.8 Å². The van der Waals surface area contributed by atoms with Crippen LogP contribution in [0.3, 0.4) is 0 Å². The number of carboxylic acid groups (broad SMARTS) is 1. The zero-order valence-corrected chi connectivity index (χ0v) is 20.0. The number of hydrogen-bond acceptors (Lipinski definition) is 5. The first-order valence-electron chi connectivity index (χ1n) is 10.4. The minimum absolute atomic E-state index is 0.0217. The van der Waals surface area contributed by atoms with Crippen molar-refractivity contribution >= 4 is 38.2 Å². The normalized spacial score (nSPS) is 11.8. The van der Waals surface area contributed by atoms with E-state index in [1.165, 1.54) is 12.3 Å². The molecule has 178 valence electrons. The molecule has 0 aliphatic carbocycles. The number of aliphatic carboxylic acids is 1. The van der Waals surface area contributed by atoms with Crippen LogP contribution in [-0.2, 0) is 21.2 Å². The summed E-state index contributed by atoms with van der Waals surface area (Å²) in [5.74, 6) is -2.56. The summed E-state index contributed by atoms with van der Waals surface area (Å²) >= 11 is 1.02. The van der Waals surface area contributed by atoms with Crippen molar-refractivity contribution in [2.75, 3.05) is 6.61 Å². The highest BCUT2D eigenvalue weighted by Crippen LogP contribution is 2.38. The average molecular weight is 506 g/mol. The molecule has 6 nitrogen and oxygen atoms in total. The number of carboxylic acids is 1. The number of carbonyl (C=O) groups is 1. The maximum absolute atomic E-state index is 13.9. The molecule has 10 heteroatoms. The Kier molecular flexibility index (Phi) is 6.46. The fourth-order valence-corrected chi connectivity index (χ4v) is 6.91. The van der Waals surface area contributed by atoms with E-state index in [1.807, 2.05) is 6.92 Å². The summed E-state index contributed by atoms with van der Waals surface area (Å²) in [6, 6.07) is 9.83. The molecular formula is C24H21F2NO5S2. The number of thiophene rings is 1. The third-order valence-corrected chi connectivity index (χ3v) is 8.52. The van der Waals surface area contributed by atoms with Gasteiger partial charge in [0.25, 0.3) is 10.0 Å². The van der Waals surface area contributed by atoms with E-state index in [0.29, 0.717) is 33.7 Å². The summed E-state index contributed by atoms with van der Waals surface area (Å²) in [6.45, 7) is 3.97. The molecule has 2 heterocycles. The third-order valence-electron chi connectivity index (χ3n) is 5.29. The number of nitrogens with zero attached hydrogens (tertiary/aromatic N) is 1. The fraction of sp³-hybridized carbons (Fsp3) is 0.208. The van der Waals surface area contributed by atoms with Crippen LogP contribution < -0.4 is 4.74 Å². The standard InChI is InChI=1S/C24H21F2NO5S2/c1-3-32-17-6-8-22-18(12-17)16(5-9-23(28)29)13-27(22)34(30,31)24-19(10-14(2)33-24)15-4-7-20(25)21(26)11-15/h4,6-8,10-13H,3,5,9H2,1-2H3,(H,28,29). The van der Waals surface area contributed by atoms with Crippen LogP contribution in [0.2, 0.25) is 0 Å². The van der Waals surface area contributed by atoms with Crippen LogP contribution in [0.1, 0.15) is 23.8 Å². The number of ether oxygens (including phenoxy) is 1. The number of rotatable bonds is 8. The van der Waals surface area contributed by atoms with Gasteiger partial charge in [0.1, 0.15) is 9.96 Å². The van der Waals surface area contributed by atoms with Crippen molar-refractivity contribution in [1.29, 1.82) is 0 Å². The van der Waals surface area contributed by atoms with Crippen LogP contribution in [0.25, 0.3) is 22.0 Å². The van der Waals surface area contributed by atoms with Crippen molar-refractivity contribution in [3.05, 3.63) is 70.7 Å². The molecule has 4 rings (SSSR count). The van der Waals surface area contributed by atoms with Crippen LogP contribution in [0.15, 0.2) is 52.9 Å². The van der Waals surface area contributed by atoms with Gasteiger partial charge in [0.15, 0.2) is 11.6 Å². The molecule has 2 aromatic carbocycles. The second kappa shape index (κ2) is 9.19. The lowest BCUT2D eigenvalue weighted by molar-refractivity contribution is -0.136. The van der Waals surface area contributed by atoms with Gasteiger partial charge < -0.3 is 9.84 Å². The van der Waals surface area contributed by atoms with E-state index in [-0.39, 0.29) is 28.2 Å². The zero-order chi connectivity index (χ0) is 24.6. The molecule has 2 aromatic heterocycles. The molecular weight excluding hydrogens is 484 g/mol. The maximum atomic E-state index is 13.9. The van der Waals surface area contributed by atoms with E-state index in [4.69, 9.17) is 9.84 Å². The smallest absolute Gasteiger partial charge is 0.303 e. The second-order valence-corrected chi connectivity index (χ2v) is 10.9. The van der Waals surface area contributed by atoms with E-state index in [1.54, 1.807) is 31.2 Å². The molecule has 0 radical (unpaired) electrons. The molecule has 1 N–H and O–H groups in total. The maximum Gasteiger partial charge on any atom is 0.303 e. The molecule has 0 fully saturated rings. The highest BCUT2D eigenvalue weighted by Gasteiger charge is 2.27. The molecule has 4 aromatic rings. The summed E-state index contributed by atoms with van der Waals surface area (Å²) in [6.07, 6.45) is 1.38. The minimum atomic E-state index is -4.16. The molecule has 0 aliphatic heterocycles. The van der Waals surface area contributed by atoms with Crippen molar-refractivity contribution in [1.82, 2.24) is 3.97 Å². The van der Waals surface area contributed by atoms with E-state index in [2.05, 4.69) is 0 Å². The van der Waals surface area contributed by atoms with E-state index in [0.717, 1.165) is 27.4 Å². The molecule has 0 saturated carbocycles. The molecule has 0 unspecified atom stereocenters. The Bertz CT molecular complexity index is 1510. The SMILES string of the molecule is CCOc1ccc2c(c1)c(CCC(=O)O)cn2S(=O)(=O)c1sc(C)cc1-c1ccc(F)c(F)c1. The topological polar surface area (TPSA) is 85.6 Å². The first kappa shape index (κ1) is 23.9. The van der Waals surface area contributed by atoms with Crippen LogP contribution in [0.4, 0.5) is 8.78 Å². The number of benzene rings is 2. The molecule has 0 spiro atoms.